The summed E-state index contributed by atoms with van der Waals surface area (Å²) < 4.78 is 30.2. The van der Waals surface area contributed by atoms with E-state index in [0.29, 0.717) is 0 Å². The molecule has 0 radical (unpaired) electrons. The van der Waals surface area contributed by atoms with E-state index in [2.05, 4.69) is 17.2 Å². The van der Waals surface area contributed by atoms with Gasteiger partial charge in [-0.3, -0.25) is 0 Å². The lowest BCUT2D eigenvalue weighted by atomic mass is 10.3. The van der Waals surface area contributed by atoms with Gasteiger partial charge in [0.15, 0.2) is 11.4 Å². The summed E-state index contributed by atoms with van der Waals surface area (Å²) in [6.07, 6.45) is 0. The van der Waals surface area contributed by atoms with Crippen molar-refractivity contribution >= 4 is 23.3 Å². The Bertz CT molecular complexity index is 488. The molecule has 0 atom stereocenters. The first-order valence-corrected chi connectivity index (χ1v) is 3.55. The average molecular weight is 187 g/mol. The Balaban J connectivity index is 2.97. The van der Waals surface area contributed by atoms with Crippen molar-refractivity contribution in [2.24, 2.45) is 0 Å². The van der Waals surface area contributed by atoms with Crippen LogP contribution in [0.1, 0.15) is 0 Å². The molecule has 1 aromatic carbocycles. The Hall–Kier alpha value is -1.23. The summed E-state index contributed by atoms with van der Waals surface area (Å²) in [7, 11) is 0. The van der Waals surface area contributed by atoms with Crippen LogP contribution in [0.4, 0.5) is 8.78 Å². The fourth-order valence-electron chi connectivity index (χ4n) is 0.985. The lowest BCUT2D eigenvalue weighted by Gasteiger charge is -1.89. The minimum atomic E-state index is -0.752. The number of H-pyrrole nitrogens is 1. The van der Waals surface area contributed by atoms with Crippen LogP contribution in [0.3, 0.4) is 0 Å². The highest BCUT2D eigenvalue weighted by molar-refractivity contribution is 7.71. The van der Waals surface area contributed by atoms with E-state index >= 15 is 0 Å². The van der Waals surface area contributed by atoms with Crippen LogP contribution < -0.4 is 0 Å². The number of rotatable bonds is 0. The van der Waals surface area contributed by atoms with E-state index in [1.54, 1.807) is 0 Å². The van der Waals surface area contributed by atoms with Crippen molar-refractivity contribution in [3.05, 3.63) is 28.6 Å². The average Bonchev–Trinajstić information content (AvgIpc) is 2.29. The number of benzene rings is 1. The first kappa shape index (κ1) is 7.42. The van der Waals surface area contributed by atoms with E-state index in [9.17, 15) is 8.78 Å². The highest BCUT2D eigenvalue weighted by Crippen LogP contribution is 2.18. The fraction of sp³-hybridized carbons (Fsp3) is 0. The first-order valence-electron chi connectivity index (χ1n) is 3.15. The molecule has 0 aliphatic carbocycles. The van der Waals surface area contributed by atoms with Crippen molar-refractivity contribution in [3.8, 4) is 0 Å². The van der Waals surface area contributed by atoms with E-state index in [4.69, 9.17) is 4.42 Å². The quantitative estimate of drug-likeness (QED) is 0.642. The molecule has 0 saturated heterocycles. The predicted molar refractivity (Wildman–Crippen MR) is 41.3 cm³/mol. The van der Waals surface area contributed by atoms with Gasteiger partial charge < -0.3 is 9.40 Å². The summed E-state index contributed by atoms with van der Waals surface area (Å²) in [6.45, 7) is 0. The molecule has 1 aromatic heterocycles. The summed E-state index contributed by atoms with van der Waals surface area (Å²) in [5, 5.41) is 0. The van der Waals surface area contributed by atoms with Crippen LogP contribution in [-0.2, 0) is 0 Å². The third kappa shape index (κ3) is 1.02. The number of aromatic amines is 1. The highest BCUT2D eigenvalue weighted by Gasteiger charge is 2.07. The number of hydrogen-bond donors (Lipinski definition) is 1. The van der Waals surface area contributed by atoms with Crippen molar-refractivity contribution in [1.29, 1.82) is 0 Å². The molecule has 0 amide bonds. The van der Waals surface area contributed by atoms with Gasteiger partial charge in [-0.25, -0.2) is 8.78 Å². The zero-order chi connectivity index (χ0) is 8.72. The second kappa shape index (κ2) is 2.38. The van der Waals surface area contributed by atoms with Crippen LogP contribution in [0.25, 0.3) is 11.1 Å². The van der Waals surface area contributed by atoms with Crippen molar-refractivity contribution in [2.75, 3.05) is 0 Å². The maximum absolute atomic E-state index is 12.9. The molecule has 1 heterocycles. The molecule has 2 nitrogen and oxygen atoms in total. The molecule has 62 valence electrons. The van der Waals surface area contributed by atoms with Crippen molar-refractivity contribution in [3.63, 3.8) is 0 Å². The zero-order valence-electron chi connectivity index (χ0n) is 5.73. The lowest BCUT2D eigenvalue weighted by Crippen LogP contribution is -1.79. The van der Waals surface area contributed by atoms with Crippen molar-refractivity contribution < 1.29 is 13.2 Å². The third-order valence-electron chi connectivity index (χ3n) is 1.44. The topological polar surface area (TPSA) is 28.9 Å². The maximum Gasteiger partial charge on any atom is 0.267 e. The van der Waals surface area contributed by atoms with Crippen LogP contribution in [0.15, 0.2) is 16.5 Å². The van der Waals surface area contributed by atoms with Gasteiger partial charge in [0.25, 0.3) is 4.84 Å². The number of fused-ring (bicyclic) bond motifs is 1. The Morgan fingerprint density at radius 2 is 2.08 bits per heavy atom. The van der Waals surface area contributed by atoms with Gasteiger partial charge in [-0.2, -0.15) is 0 Å². The summed E-state index contributed by atoms with van der Waals surface area (Å²) in [4.78, 5) is 2.54. The molecule has 5 heteroatoms. The second-order valence-corrected chi connectivity index (χ2v) is 2.65. The van der Waals surface area contributed by atoms with E-state index in [1.807, 2.05) is 0 Å². The van der Waals surface area contributed by atoms with E-state index in [-0.39, 0.29) is 15.9 Å². The van der Waals surface area contributed by atoms with E-state index in [0.717, 1.165) is 12.1 Å². The summed E-state index contributed by atoms with van der Waals surface area (Å²) in [5.41, 5.74) is 0.193. The van der Waals surface area contributed by atoms with Gasteiger partial charge >= 0.3 is 0 Å². The molecule has 1 N–H and O–H groups in total. The molecule has 0 unspecified atom stereocenters. The van der Waals surface area contributed by atoms with Crippen molar-refractivity contribution in [1.82, 2.24) is 4.98 Å². The molecule has 0 aliphatic heterocycles. The largest absolute Gasteiger partial charge is 0.426 e. The lowest BCUT2D eigenvalue weighted by molar-refractivity contribution is 0.534. The molecule has 0 spiro atoms. The molecule has 12 heavy (non-hydrogen) atoms. The minimum Gasteiger partial charge on any atom is -0.426 e. The Morgan fingerprint density at radius 1 is 1.33 bits per heavy atom. The first-order chi connectivity index (χ1) is 5.66. The highest BCUT2D eigenvalue weighted by atomic mass is 32.1. The minimum absolute atomic E-state index is 0.0366. The van der Waals surface area contributed by atoms with Gasteiger partial charge in [-0.15, -0.1) is 0 Å². The van der Waals surface area contributed by atoms with Gasteiger partial charge in [0.1, 0.15) is 5.82 Å². The number of nitrogens with one attached hydrogen (secondary N) is 1. The number of aromatic nitrogens is 1. The van der Waals surface area contributed by atoms with Gasteiger partial charge in [0.2, 0.25) is 0 Å². The second-order valence-electron chi connectivity index (χ2n) is 2.28. The Kier molecular flexibility index (Phi) is 1.47. The summed E-state index contributed by atoms with van der Waals surface area (Å²) >= 11 is 4.60. The Morgan fingerprint density at radius 3 is 2.83 bits per heavy atom. The predicted octanol–water partition coefficient (Wildman–Crippen LogP) is 2.77. The fourth-order valence-corrected chi connectivity index (χ4v) is 1.18. The molecule has 0 fully saturated rings. The van der Waals surface area contributed by atoms with Crippen LogP contribution in [0.5, 0.6) is 0 Å². The summed E-state index contributed by atoms with van der Waals surface area (Å²) in [6, 6.07) is 1.87. The molecule has 2 aromatic rings. The molecular formula is C7H3F2NOS. The standard InChI is InChI=1S/C7H3F2NOS/c8-3-1-4(9)6-5(2-3)10-7(12)11-6/h1-2H,(H,10,12). The number of halogens is 2. The van der Waals surface area contributed by atoms with E-state index in [1.165, 1.54) is 0 Å². The van der Waals surface area contributed by atoms with Gasteiger partial charge in [-0.1, -0.05) is 0 Å². The smallest absolute Gasteiger partial charge is 0.267 e. The van der Waals surface area contributed by atoms with Gasteiger partial charge in [-0.05, 0) is 12.2 Å². The number of oxazole rings is 1. The van der Waals surface area contributed by atoms with Crippen LogP contribution in [0, 0.1) is 16.5 Å². The molecule has 0 bridgehead atoms. The third-order valence-corrected chi connectivity index (χ3v) is 1.63. The molecule has 0 aliphatic rings. The number of hydrogen-bond acceptors (Lipinski definition) is 2. The van der Waals surface area contributed by atoms with Gasteiger partial charge in [0.05, 0.1) is 5.52 Å². The normalized spacial score (nSPS) is 10.8. The van der Waals surface area contributed by atoms with Gasteiger partial charge in [0, 0.05) is 12.1 Å². The summed E-state index contributed by atoms with van der Waals surface area (Å²) in [5.74, 6) is -1.41. The van der Waals surface area contributed by atoms with E-state index < -0.39 is 11.6 Å². The van der Waals surface area contributed by atoms with Crippen LogP contribution in [0.2, 0.25) is 0 Å². The molecule has 0 saturated carbocycles. The monoisotopic (exact) mass is 187 g/mol. The van der Waals surface area contributed by atoms with Crippen molar-refractivity contribution in [2.45, 2.75) is 0 Å². The SMILES string of the molecule is Fc1cc(F)c2oc(=S)[nH]c2c1. The molecular weight excluding hydrogens is 184 g/mol. The van der Waals surface area contributed by atoms with Crippen LogP contribution >= 0.6 is 12.2 Å². The van der Waals surface area contributed by atoms with Crippen LogP contribution in [-0.4, -0.2) is 4.98 Å². The molecule has 2 rings (SSSR count). The maximum atomic E-state index is 12.9. The Labute approximate surface area is 70.8 Å². The zero-order valence-corrected chi connectivity index (χ0v) is 6.54.